The zero-order valence-electron chi connectivity index (χ0n) is 9.84. The van der Waals surface area contributed by atoms with Gasteiger partial charge in [-0.2, -0.15) is 0 Å². The van der Waals surface area contributed by atoms with E-state index >= 15 is 0 Å². The van der Waals surface area contributed by atoms with E-state index in [0.29, 0.717) is 12.0 Å². The van der Waals surface area contributed by atoms with Crippen LogP contribution in [0.15, 0.2) is 41.6 Å². The van der Waals surface area contributed by atoms with Crippen molar-refractivity contribution < 1.29 is 15.0 Å². The van der Waals surface area contributed by atoms with Crippen molar-refractivity contribution in [1.29, 1.82) is 0 Å². The van der Waals surface area contributed by atoms with Gasteiger partial charge in [-0.25, -0.2) is 4.98 Å². The SMILES string of the molecule is O=CC(CSSc1ccccn1)n1c(O)ccc1O. The van der Waals surface area contributed by atoms with Gasteiger partial charge in [-0.15, -0.1) is 0 Å². The molecule has 0 amide bonds. The predicted octanol–water partition coefficient (Wildman–Crippen LogP) is 2.47. The third kappa shape index (κ3) is 3.45. The molecule has 0 aliphatic carbocycles. The third-order valence-corrected chi connectivity index (χ3v) is 4.67. The molecule has 0 saturated heterocycles. The quantitative estimate of drug-likeness (QED) is 0.630. The van der Waals surface area contributed by atoms with Crippen LogP contribution in [0.5, 0.6) is 11.8 Å². The largest absolute Gasteiger partial charge is 0.494 e. The topological polar surface area (TPSA) is 75.4 Å². The van der Waals surface area contributed by atoms with Gasteiger partial charge in [0.05, 0.1) is 0 Å². The molecular formula is C12H12N2O3S2. The molecule has 0 fully saturated rings. The van der Waals surface area contributed by atoms with Crippen molar-refractivity contribution in [3.8, 4) is 11.8 Å². The van der Waals surface area contributed by atoms with Crippen LogP contribution in [0.3, 0.4) is 0 Å². The molecule has 0 aliphatic heterocycles. The van der Waals surface area contributed by atoms with Crippen molar-refractivity contribution in [3.63, 3.8) is 0 Å². The number of aldehydes is 1. The standard InChI is InChI=1S/C12H12N2O3S2/c15-7-9(14-11(16)4-5-12(14)17)8-18-19-10-3-1-2-6-13-10/h1-7,9,16-17H,8H2. The normalized spacial score (nSPS) is 12.2. The molecule has 100 valence electrons. The van der Waals surface area contributed by atoms with Crippen LogP contribution < -0.4 is 0 Å². The van der Waals surface area contributed by atoms with Crippen LogP contribution in [0.25, 0.3) is 0 Å². The Bertz CT molecular complexity index is 526. The van der Waals surface area contributed by atoms with Crippen molar-refractivity contribution in [2.45, 2.75) is 11.1 Å². The number of carbonyl (C=O) groups excluding carboxylic acids is 1. The smallest absolute Gasteiger partial charge is 0.194 e. The molecule has 1 unspecified atom stereocenters. The van der Waals surface area contributed by atoms with E-state index in [1.54, 1.807) is 6.20 Å². The van der Waals surface area contributed by atoms with Crippen LogP contribution in [0.2, 0.25) is 0 Å². The van der Waals surface area contributed by atoms with Crippen molar-refractivity contribution >= 4 is 27.9 Å². The minimum Gasteiger partial charge on any atom is -0.494 e. The number of aromatic nitrogens is 2. The summed E-state index contributed by atoms with van der Waals surface area (Å²) in [5.74, 6) is 0.164. The van der Waals surface area contributed by atoms with Gasteiger partial charge in [0, 0.05) is 24.1 Å². The Morgan fingerprint density at radius 3 is 2.58 bits per heavy atom. The number of carbonyl (C=O) groups is 1. The first-order valence-corrected chi connectivity index (χ1v) is 7.79. The van der Waals surface area contributed by atoms with E-state index in [-0.39, 0.29) is 11.8 Å². The first-order valence-electron chi connectivity index (χ1n) is 5.47. The molecule has 2 N–H and O–H groups in total. The van der Waals surface area contributed by atoms with Crippen molar-refractivity contribution in [1.82, 2.24) is 9.55 Å². The fraction of sp³-hybridized carbons (Fsp3) is 0.167. The maximum atomic E-state index is 11.1. The van der Waals surface area contributed by atoms with Crippen LogP contribution in [0, 0.1) is 0 Å². The molecule has 0 radical (unpaired) electrons. The second-order valence-corrected chi connectivity index (χ2v) is 6.02. The molecule has 2 rings (SSSR count). The summed E-state index contributed by atoms with van der Waals surface area (Å²) in [5.41, 5.74) is 0. The third-order valence-electron chi connectivity index (χ3n) is 2.38. The summed E-state index contributed by atoms with van der Waals surface area (Å²) in [4.78, 5) is 15.2. The number of aromatic hydroxyl groups is 2. The summed E-state index contributed by atoms with van der Waals surface area (Å²) in [6.45, 7) is 0. The highest BCUT2D eigenvalue weighted by atomic mass is 33.1. The average Bonchev–Trinajstić information content (AvgIpc) is 2.76. The fourth-order valence-corrected chi connectivity index (χ4v) is 3.58. The lowest BCUT2D eigenvalue weighted by molar-refractivity contribution is -0.110. The molecular weight excluding hydrogens is 284 g/mol. The first-order chi connectivity index (χ1) is 9.22. The van der Waals surface area contributed by atoms with Gasteiger partial charge < -0.3 is 15.0 Å². The maximum Gasteiger partial charge on any atom is 0.194 e. The molecule has 2 heterocycles. The van der Waals surface area contributed by atoms with Crippen LogP contribution in [0.4, 0.5) is 0 Å². The molecule has 1 atom stereocenters. The van der Waals surface area contributed by atoms with Gasteiger partial charge in [-0.3, -0.25) is 4.57 Å². The molecule has 2 aromatic heterocycles. The highest BCUT2D eigenvalue weighted by molar-refractivity contribution is 8.76. The molecule has 0 aliphatic rings. The summed E-state index contributed by atoms with van der Waals surface area (Å²) in [5, 5.41) is 20.0. The van der Waals surface area contributed by atoms with E-state index in [1.807, 2.05) is 18.2 Å². The minimum absolute atomic E-state index is 0.127. The Morgan fingerprint density at radius 1 is 1.26 bits per heavy atom. The number of rotatable bonds is 6. The monoisotopic (exact) mass is 296 g/mol. The van der Waals surface area contributed by atoms with Crippen molar-refractivity contribution in [2.75, 3.05) is 5.75 Å². The van der Waals surface area contributed by atoms with Gasteiger partial charge in [0.15, 0.2) is 11.8 Å². The minimum atomic E-state index is -0.615. The zero-order chi connectivity index (χ0) is 13.7. The lowest BCUT2D eigenvalue weighted by Crippen LogP contribution is -2.11. The summed E-state index contributed by atoms with van der Waals surface area (Å²) >= 11 is 0. The number of nitrogens with zero attached hydrogens (tertiary/aromatic N) is 2. The molecule has 0 aromatic carbocycles. The van der Waals surface area contributed by atoms with Gasteiger partial charge >= 0.3 is 0 Å². The van der Waals surface area contributed by atoms with Gasteiger partial charge in [0.25, 0.3) is 0 Å². The second kappa shape index (κ2) is 6.53. The summed E-state index contributed by atoms with van der Waals surface area (Å²) in [6, 6.07) is 7.68. The van der Waals surface area contributed by atoms with Crippen LogP contribution in [-0.2, 0) is 4.79 Å². The highest BCUT2D eigenvalue weighted by Gasteiger charge is 2.17. The van der Waals surface area contributed by atoms with E-state index in [0.717, 1.165) is 5.03 Å². The van der Waals surface area contributed by atoms with Crippen molar-refractivity contribution in [3.05, 3.63) is 36.5 Å². The Balaban J connectivity index is 1.95. The fourth-order valence-electron chi connectivity index (χ4n) is 1.50. The Hall–Kier alpha value is -1.60. The molecule has 5 nitrogen and oxygen atoms in total. The van der Waals surface area contributed by atoms with Gasteiger partial charge in [0.1, 0.15) is 17.4 Å². The number of hydrogen-bond donors (Lipinski definition) is 2. The van der Waals surface area contributed by atoms with E-state index in [9.17, 15) is 15.0 Å². The Labute approximate surface area is 118 Å². The molecule has 19 heavy (non-hydrogen) atoms. The average molecular weight is 296 g/mol. The van der Waals surface area contributed by atoms with E-state index in [4.69, 9.17) is 0 Å². The molecule has 2 aromatic rings. The highest BCUT2D eigenvalue weighted by Crippen LogP contribution is 2.34. The van der Waals surface area contributed by atoms with Crippen LogP contribution >= 0.6 is 21.6 Å². The lowest BCUT2D eigenvalue weighted by Gasteiger charge is -2.13. The Morgan fingerprint density at radius 2 is 2.00 bits per heavy atom. The van der Waals surface area contributed by atoms with Crippen LogP contribution in [-0.4, -0.2) is 31.8 Å². The van der Waals surface area contributed by atoms with Crippen LogP contribution in [0.1, 0.15) is 6.04 Å². The first kappa shape index (κ1) is 13.8. The molecule has 0 bridgehead atoms. The second-order valence-electron chi connectivity index (χ2n) is 3.66. The van der Waals surface area contributed by atoms with E-state index < -0.39 is 6.04 Å². The van der Waals surface area contributed by atoms with Gasteiger partial charge in [-0.05, 0) is 22.9 Å². The summed E-state index contributed by atoms with van der Waals surface area (Å²) in [6.07, 6.45) is 2.40. The molecule has 0 spiro atoms. The summed E-state index contributed by atoms with van der Waals surface area (Å²) in [7, 11) is 2.88. The molecule has 7 heteroatoms. The van der Waals surface area contributed by atoms with E-state index in [1.165, 1.54) is 38.3 Å². The predicted molar refractivity (Wildman–Crippen MR) is 75.4 cm³/mol. The number of hydrogen-bond acceptors (Lipinski definition) is 6. The van der Waals surface area contributed by atoms with Gasteiger partial charge in [0.2, 0.25) is 0 Å². The molecule has 0 saturated carbocycles. The number of pyridine rings is 1. The maximum absolute atomic E-state index is 11.1. The zero-order valence-corrected chi connectivity index (χ0v) is 11.5. The summed E-state index contributed by atoms with van der Waals surface area (Å²) < 4.78 is 1.19. The van der Waals surface area contributed by atoms with Gasteiger partial charge in [-0.1, -0.05) is 16.9 Å². The Kier molecular flexibility index (Phi) is 4.75. The van der Waals surface area contributed by atoms with E-state index in [2.05, 4.69) is 4.98 Å². The lowest BCUT2D eigenvalue weighted by atomic mass is 10.4. The van der Waals surface area contributed by atoms with Crippen molar-refractivity contribution in [2.24, 2.45) is 0 Å².